The number of carboxylic acids is 1. The molecular weight excluding hydrogens is 252 g/mol. The number of aromatic carboxylic acids is 1. The van der Waals surface area contributed by atoms with Gasteiger partial charge in [-0.3, -0.25) is 0 Å². The first-order valence-corrected chi connectivity index (χ1v) is 6.29. The average Bonchev–Trinajstić information content (AvgIpc) is 2.42. The summed E-state index contributed by atoms with van der Waals surface area (Å²) in [7, 11) is 0. The summed E-state index contributed by atoms with van der Waals surface area (Å²) < 4.78 is 0. The standard InChI is InChI=1S/C17H16O3/c1-11(15-7-8-16(18)12(2)10-15)9-13-3-5-14(6-4-13)17(19)20/h3-10,18H,1-2H3,(H,19,20)/b11-9+. The highest BCUT2D eigenvalue weighted by Crippen LogP contribution is 2.23. The number of carboxylic acid groups (broad SMARTS) is 1. The number of benzene rings is 2. The van der Waals surface area contributed by atoms with E-state index in [0.29, 0.717) is 0 Å². The van der Waals surface area contributed by atoms with Crippen molar-refractivity contribution in [2.24, 2.45) is 0 Å². The van der Waals surface area contributed by atoms with Gasteiger partial charge in [0.1, 0.15) is 5.75 Å². The number of rotatable bonds is 3. The van der Waals surface area contributed by atoms with Gasteiger partial charge in [-0.15, -0.1) is 0 Å². The first kappa shape index (κ1) is 13.9. The molecule has 0 atom stereocenters. The second-order valence-corrected chi connectivity index (χ2v) is 4.76. The molecule has 0 saturated carbocycles. The molecule has 0 amide bonds. The highest BCUT2D eigenvalue weighted by atomic mass is 16.4. The summed E-state index contributed by atoms with van der Waals surface area (Å²) in [6.07, 6.45) is 1.98. The van der Waals surface area contributed by atoms with Crippen molar-refractivity contribution in [3.8, 4) is 5.75 Å². The van der Waals surface area contributed by atoms with Crippen LogP contribution in [0.2, 0.25) is 0 Å². The number of allylic oxidation sites excluding steroid dienone is 1. The molecule has 3 nitrogen and oxygen atoms in total. The second-order valence-electron chi connectivity index (χ2n) is 4.76. The van der Waals surface area contributed by atoms with Crippen LogP contribution in [0, 0.1) is 6.92 Å². The maximum absolute atomic E-state index is 10.8. The summed E-state index contributed by atoms with van der Waals surface area (Å²) in [5.41, 5.74) is 4.13. The normalized spacial score (nSPS) is 11.4. The van der Waals surface area contributed by atoms with Gasteiger partial charge in [-0.05, 0) is 60.4 Å². The van der Waals surface area contributed by atoms with E-state index in [1.54, 1.807) is 30.3 Å². The van der Waals surface area contributed by atoms with E-state index in [4.69, 9.17) is 5.11 Å². The average molecular weight is 268 g/mol. The lowest BCUT2D eigenvalue weighted by Crippen LogP contribution is -1.94. The minimum atomic E-state index is -0.925. The fourth-order valence-corrected chi connectivity index (χ4v) is 1.96. The van der Waals surface area contributed by atoms with Crippen LogP contribution in [0.3, 0.4) is 0 Å². The van der Waals surface area contributed by atoms with Gasteiger partial charge in [0, 0.05) is 0 Å². The molecule has 102 valence electrons. The Balaban J connectivity index is 2.29. The number of phenolic OH excluding ortho intramolecular Hbond substituents is 1. The van der Waals surface area contributed by atoms with E-state index in [2.05, 4.69) is 0 Å². The van der Waals surface area contributed by atoms with Crippen molar-refractivity contribution in [2.75, 3.05) is 0 Å². The molecule has 0 aliphatic carbocycles. The minimum absolute atomic E-state index is 0.278. The number of hydrogen-bond donors (Lipinski definition) is 2. The fourth-order valence-electron chi connectivity index (χ4n) is 1.96. The van der Waals surface area contributed by atoms with E-state index in [0.717, 1.165) is 22.3 Å². The maximum atomic E-state index is 10.8. The monoisotopic (exact) mass is 268 g/mol. The van der Waals surface area contributed by atoms with Crippen LogP contribution in [0.4, 0.5) is 0 Å². The van der Waals surface area contributed by atoms with Crippen LogP contribution in [0.1, 0.15) is 34.0 Å². The topological polar surface area (TPSA) is 57.5 Å². The van der Waals surface area contributed by atoms with E-state index < -0.39 is 5.97 Å². The van der Waals surface area contributed by atoms with Gasteiger partial charge in [-0.1, -0.05) is 24.3 Å². The van der Waals surface area contributed by atoms with Crippen LogP contribution >= 0.6 is 0 Å². The molecule has 0 bridgehead atoms. The molecule has 0 unspecified atom stereocenters. The van der Waals surface area contributed by atoms with Gasteiger partial charge in [0.05, 0.1) is 5.56 Å². The Kier molecular flexibility index (Phi) is 3.89. The molecule has 3 heteroatoms. The first-order chi connectivity index (χ1) is 9.47. The number of aryl methyl sites for hydroxylation is 1. The molecule has 0 heterocycles. The van der Waals surface area contributed by atoms with Gasteiger partial charge < -0.3 is 10.2 Å². The van der Waals surface area contributed by atoms with Crippen LogP contribution in [0.15, 0.2) is 42.5 Å². The van der Waals surface area contributed by atoms with Crippen molar-refractivity contribution >= 4 is 17.6 Å². The Morgan fingerprint density at radius 1 is 1.05 bits per heavy atom. The Bertz CT molecular complexity index is 667. The van der Waals surface area contributed by atoms with Crippen molar-refractivity contribution < 1.29 is 15.0 Å². The molecule has 0 fully saturated rings. The van der Waals surface area contributed by atoms with Gasteiger partial charge in [-0.2, -0.15) is 0 Å². The van der Waals surface area contributed by atoms with Crippen molar-refractivity contribution in [2.45, 2.75) is 13.8 Å². The molecule has 2 rings (SSSR count). The van der Waals surface area contributed by atoms with Gasteiger partial charge in [0.25, 0.3) is 0 Å². The lowest BCUT2D eigenvalue weighted by atomic mass is 10.0. The summed E-state index contributed by atoms with van der Waals surface area (Å²) in [4.78, 5) is 10.8. The lowest BCUT2D eigenvalue weighted by Gasteiger charge is -2.05. The van der Waals surface area contributed by atoms with E-state index in [1.165, 1.54) is 0 Å². The van der Waals surface area contributed by atoms with Crippen molar-refractivity contribution in [1.82, 2.24) is 0 Å². The Labute approximate surface area is 117 Å². The second kappa shape index (κ2) is 5.61. The van der Waals surface area contributed by atoms with E-state index >= 15 is 0 Å². The lowest BCUT2D eigenvalue weighted by molar-refractivity contribution is 0.0697. The van der Waals surface area contributed by atoms with Crippen LogP contribution in [0.5, 0.6) is 5.75 Å². The predicted molar refractivity (Wildman–Crippen MR) is 79.8 cm³/mol. The van der Waals surface area contributed by atoms with Crippen molar-refractivity contribution in [3.63, 3.8) is 0 Å². The molecule has 2 aromatic carbocycles. The fraction of sp³-hybridized carbons (Fsp3) is 0.118. The summed E-state index contributed by atoms with van der Waals surface area (Å²) >= 11 is 0. The summed E-state index contributed by atoms with van der Waals surface area (Å²) in [6.45, 7) is 3.84. The smallest absolute Gasteiger partial charge is 0.335 e. The Morgan fingerprint density at radius 3 is 2.20 bits per heavy atom. The molecule has 0 radical (unpaired) electrons. The highest BCUT2D eigenvalue weighted by Gasteiger charge is 2.02. The number of carbonyl (C=O) groups is 1. The number of aromatic hydroxyl groups is 1. The largest absolute Gasteiger partial charge is 0.508 e. The summed E-state index contributed by atoms with van der Waals surface area (Å²) in [6, 6.07) is 12.2. The Hall–Kier alpha value is -2.55. The number of phenols is 1. The third kappa shape index (κ3) is 3.06. The van der Waals surface area contributed by atoms with Crippen LogP contribution < -0.4 is 0 Å². The molecule has 2 aromatic rings. The highest BCUT2D eigenvalue weighted by molar-refractivity contribution is 5.88. The Morgan fingerprint density at radius 2 is 1.65 bits per heavy atom. The molecule has 0 saturated heterocycles. The molecule has 0 aromatic heterocycles. The maximum Gasteiger partial charge on any atom is 0.335 e. The zero-order valence-corrected chi connectivity index (χ0v) is 11.4. The predicted octanol–water partition coefficient (Wildman–Crippen LogP) is 3.96. The van der Waals surface area contributed by atoms with Crippen molar-refractivity contribution in [3.05, 3.63) is 64.7 Å². The third-order valence-corrected chi connectivity index (χ3v) is 3.19. The minimum Gasteiger partial charge on any atom is -0.508 e. The van der Waals surface area contributed by atoms with Crippen LogP contribution in [-0.2, 0) is 0 Å². The van der Waals surface area contributed by atoms with Crippen molar-refractivity contribution in [1.29, 1.82) is 0 Å². The van der Waals surface area contributed by atoms with E-state index in [9.17, 15) is 9.90 Å². The van der Waals surface area contributed by atoms with E-state index in [-0.39, 0.29) is 11.3 Å². The first-order valence-electron chi connectivity index (χ1n) is 6.29. The molecular formula is C17H16O3. The summed E-state index contributed by atoms with van der Waals surface area (Å²) in [5, 5.41) is 18.4. The molecule has 2 N–H and O–H groups in total. The van der Waals surface area contributed by atoms with Crippen LogP contribution in [0.25, 0.3) is 11.6 Å². The molecule has 0 aliphatic rings. The quantitative estimate of drug-likeness (QED) is 0.828. The van der Waals surface area contributed by atoms with Gasteiger partial charge in [0.2, 0.25) is 0 Å². The van der Waals surface area contributed by atoms with Gasteiger partial charge in [-0.25, -0.2) is 4.79 Å². The zero-order valence-electron chi connectivity index (χ0n) is 11.4. The number of hydrogen-bond acceptors (Lipinski definition) is 2. The molecule has 20 heavy (non-hydrogen) atoms. The van der Waals surface area contributed by atoms with Crippen LogP contribution in [-0.4, -0.2) is 16.2 Å². The molecule has 0 aliphatic heterocycles. The zero-order chi connectivity index (χ0) is 14.7. The summed E-state index contributed by atoms with van der Waals surface area (Å²) in [5.74, 6) is -0.640. The van der Waals surface area contributed by atoms with Gasteiger partial charge >= 0.3 is 5.97 Å². The molecule has 0 spiro atoms. The van der Waals surface area contributed by atoms with Gasteiger partial charge in [0.15, 0.2) is 0 Å². The third-order valence-electron chi connectivity index (χ3n) is 3.19. The SMILES string of the molecule is C/C(=C\c1ccc(C(=O)O)cc1)c1ccc(O)c(C)c1. The van der Waals surface area contributed by atoms with E-state index in [1.807, 2.05) is 32.1 Å².